The van der Waals surface area contributed by atoms with Crippen molar-refractivity contribution >= 4 is 12.1 Å². The molecule has 0 spiro atoms. The van der Waals surface area contributed by atoms with Gasteiger partial charge in [0, 0.05) is 0 Å². The highest BCUT2D eigenvalue weighted by atomic mass is 16.5. The molecule has 0 saturated carbocycles. The van der Waals surface area contributed by atoms with Crippen LogP contribution in [0.1, 0.15) is 30.5 Å². The topological polar surface area (TPSA) is 50.7 Å². The van der Waals surface area contributed by atoms with Crippen LogP contribution in [0.3, 0.4) is 0 Å². The van der Waals surface area contributed by atoms with Gasteiger partial charge in [0.05, 0.1) is 6.21 Å². The molecule has 0 heterocycles. The SMILES string of the molecule is CCc1ccc(/C=N/NC(=O)COc2ccccc2CC)cc1. The number of hydrazone groups is 1. The summed E-state index contributed by atoms with van der Waals surface area (Å²) in [5.41, 5.74) is 5.77. The maximum Gasteiger partial charge on any atom is 0.277 e. The summed E-state index contributed by atoms with van der Waals surface area (Å²) in [5.74, 6) is 0.460. The van der Waals surface area contributed by atoms with Gasteiger partial charge in [-0.3, -0.25) is 4.79 Å². The van der Waals surface area contributed by atoms with Crippen molar-refractivity contribution in [2.75, 3.05) is 6.61 Å². The number of hydrogen-bond donors (Lipinski definition) is 1. The summed E-state index contributed by atoms with van der Waals surface area (Å²) in [6.07, 6.45) is 3.49. The minimum atomic E-state index is -0.280. The summed E-state index contributed by atoms with van der Waals surface area (Å²) in [6.45, 7) is 4.11. The second kappa shape index (κ2) is 8.73. The predicted octanol–water partition coefficient (Wildman–Crippen LogP) is 3.34. The second-order valence-corrected chi connectivity index (χ2v) is 5.14. The highest BCUT2D eigenvalue weighted by Crippen LogP contribution is 2.17. The van der Waals surface area contributed by atoms with Crippen LogP contribution < -0.4 is 10.2 Å². The summed E-state index contributed by atoms with van der Waals surface area (Å²) in [4.78, 5) is 11.8. The Labute approximate surface area is 137 Å². The number of nitrogens with zero attached hydrogens (tertiary/aromatic N) is 1. The summed E-state index contributed by atoms with van der Waals surface area (Å²) in [7, 11) is 0. The molecule has 0 aliphatic heterocycles. The lowest BCUT2D eigenvalue weighted by Crippen LogP contribution is -2.24. The molecule has 2 rings (SSSR count). The van der Waals surface area contributed by atoms with Gasteiger partial charge < -0.3 is 4.74 Å². The van der Waals surface area contributed by atoms with Crippen molar-refractivity contribution in [3.8, 4) is 5.75 Å². The van der Waals surface area contributed by atoms with Crippen LogP contribution in [0, 0.1) is 0 Å². The Morgan fingerprint density at radius 2 is 1.83 bits per heavy atom. The van der Waals surface area contributed by atoms with E-state index in [4.69, 9.17) is 4.74 Å². The summed E-state index contributed by atoms with van der Waals surface area (Å²) >= 11 is 0. The normalized spacial score (nSPS) is 10.7. The van der Waals surface area contributed by atoms with Crippen LogP contribution in [0.25, 0.3) is 0 Å². The number of para-hydroxylation sites is 1. The number of nitrogens with one attached hydrogen (secondary N) is 1. The Kier molecular flexibility index (Phi) is 6.36. The molecule has 0 aliphatic rings. The summed E-state index contributed by atoms with van der Waals surface area (Å²) in [5, 5.41) is 3.95. The zero-order chi connectivity index (χ0) is 16.5. The molecule has 0 atom stereocenters. The Morgan fingerprint density at radius 3 is 2.52 bits per heavy atom. The number of carbonyl (C=O) groups excluding carboxylic acids is 1. The molecule has 1 N–H and O–H groups in total. The van der Waals surface area contributed by atoms with E-state index in [1.54, 1.807) is 6.21 Å². The molecular weight excluding hydrogens is 288 g/mol. The van der Waals surface area contributed by atoms with E-state index in [2.05, 4.69) is 24.4 Å². The monoisotopic (exact) mass is 310 g/mol. The van der Waals surface area contributed by atoms with Crippen LogP contribution in [-0.2, 0) is 17.6 Å². The van der Waals surface area contributed by atoms with Crippen molar-refractivity contribution in [2.24, 2.45) is 5.10 Å². The quantitative estimate of drug-likeness (QED) is 0.630. The number of aryl methyl sites for hydroxylation is 2. The van der Waals surface area contributed by atoms with Crippen molar-refractivity contribution in [1.29, 1.82) is 0 Å². The third-order valence-electron chi connectivity index (χ3n) is 3.50. The molecule has 120 valence electrons. The Morgan fingerprint density at radius 1 is 1.09 bits per heavy atom. The maximum absolute atomic E-state index is 11.8. The smallest absolute Gasteiger partial charge is 0.277 e. The van der Waals surface area contributed by atoms with Gasteiger partial charge in [-0.2, -0.15) is 5.10 Å². The first kappa shape index (κ1) is 16.7. The molecule has 0 radical (unpaired) electrons. The lowest BCUT2D eigenvalue weighted by atomic mass is 10.1. The lowest BCUT2D eigenvalue weighted by Gasteiger charge is -2.08. The van der Waals surface area contributed by atoms with Crippen LogP contribution in [0.5, 0.6) is 5.75 Å². The van der Waals surface area contributed by atoms with Gasteiger partial charge in [0.25, 0.3) is 5.91 Å². The Balaban J connectivity index is 1.81. The molecule has 0 fully saturated rings. The number of ether oxygens (including phenoxy) is 1. The van der Waals surface area contributed by atoms with Gasteiger partial charge in [-0.05, 0) is 35.6 Å². The number of benzene rings is 2. The van der Waals surface area contributed by atoms with Crippen molar-refractivity contribution in [1.82, 2.24) is 5.43 Å². The fourth-order valence-corrected chi connectivity index (χ4v) is 2.13. The van der Waals surface area contributed by atoms with E-state index in [1.807, 2.05) is 48.5 Å². The molecule has 0 unspecified atom stereocenters. The van der Waals surface area contributed by atoms with Crippen LogP contribution in [0.15, 0.2) is 53.6 Å². The molecule has 2 aromatic rings. The molecule has 4 heteroatoms. The highest BCUT2D eigenvalue weighted by molar-refractivity contribution is 5.82. The number of carbonyl (C=O) groups is 1. The van der Waals surface area contributed by atoms with E-state index in [0.29, 0.717) is 0 Å². The van der Waals surface area contributed by atoms with E-state index in [0.717, 1.165) is 29.7 Å². The van der Waals surface area contributed by atoms with Gasteiger partial charge >= 0.3 is 0 Å². The molecule has 0 bridgehead atoms. The van der Waals surface area contributed by atoms with Gasteiger partial charge in [0.2, 0.25) is 0 Å². The van der Waals surface area contributed by atoms with Crippen molar-refractivity contribution in [3.63, 3.8) is 0 Å². The van der Waals surface area contributed by atoms with Crippen LogP contribution >= 0.6 is 0 Å². The maximum atomic E-state index is 11.8. The van der Waals surface area contributed by atoms with Gasteiger partial charge in [-0.25, -0.2) is 5.43 Å². The zero-order valence-corrected chi connectivity index (χ0v) is 13.6. The van der Waals surface area contributed by atoms with Crippen molar-refractivity contribution < 1.29 is 9.53 Å². The number of rotatable bonds is 7. The van der Waals surface area contributed by atoms with Crippen LogP contribution in [0.4, 0.5) is 0 Å². The third kappa shape index (κ3) is 5.25. The number of hydrogen-bond acceptors (Lipinski definition) is 3. The first-order valence-electron chi connectivity index (χ1n) is 7.84. The van der Waals surface area contributed by atoms with Crippen LogP contribution in [0.2, 0.25) is 0 Å². The fraction of sp³-hybridized carbons (Fsp3) is 0.263. The van der Waals surface area contributed by atoms with Crippen molar-refractivity contribution in [2.45, 2.75) is 26.7 Å². The van der Waals surface area contributed by atoms with Crippen molar-refractivity contribution in [3.05, 3.63) is 65.2 Å². The molecule has 4 nitrogen and oxygen atoms in total. The predicted molar refractivity (Wildman–Crippen MR) is 92.9 cm³/mol. The van der Waals surface area contributed by atoms with Gasteiger partial charge in [-0.1, -0.05) is 56.3 Å². The minimum absolute atomic E-state index is 0.0525. The highest BCUT2D eigenvalue weighted by Gasteiger charge is 2.04. The van der Waals surface area contributed by atoms with Gasteiger partial charge in [0.1, 0.15) is 5.75 Å². The summed E-state index contributed by atoms with van der Waals surface area (Å²) in [6, 6.07) is 15.8. The second-order valence-electron chi connectivity index (χ2n) is 5.14. The average Bonchev–Trinajstić information content (AvgIpc) is 2.60. The fourth-order valence-electron chi connectivity index (χ4n) is 2.13. The van der Waals surface area contributed by atoms with E-state index in [1.165, 1.54) is 5.56 Å². The first-order valence-corrected chi connectivity index (χ1v) is 7.84. The Hall–Kier alpha value is -2.62. The third-order valence-corrected chi connectivity index (χ3v) is 3.50. The Bertz CT molecular complexity index is 663. The largest absolute Gasteiger partial charge is 0.483 e. The average molecular weight is 310 g/mol. The molecule has 23 heavy (non-hydrogen) atoms. The lowest BCUT2D eigenvalue weighted by molar-refractivity contribution is -0.123. The van der Waals surface area contributed by atoms with E-state index >= 15 is 0 Å². The van der Waals surface area contributed by atoms with E-state index in [-0.39, 0.29) is 12.5 Å². The minimum Gasteiger partial charge on any atom is -0.483 e. The molecule has 0 aromatic heterocycles. The molecule has 0 saturated heterocycles. The van der Waals surface area contributed by atoms with Gasteiger partial charge in [0.15, 0.2) is 6.61 Å². The molecule has 0 aliphatic carbocycles. The standard InChI is InChI=1S/C19H22N2O2/c1-3-15-9-11-16(12-10-15)13-20-21-19(22)14-23-18-8-6-5-7-17(18)4-2/h5-13H,3-4,14H2,1-2H3,(H,21,22)/b20-13+. The molecule has 1 amide bonds. The molecule has 2 aromatic carbocycles. The number of amides is 1. The molecular formula is C19H22N2O2. The zero-order valence-electron chi connectivity index (χ0n) is 13.6. The van der Waals surface area contributed by atoms with Crippen LogP contribution in [-0.4, -0.2) is 18.7 Å². The van der Waals surface area contributed by atoms with E-state index in [9.17, 15) is 4.79 Å². The van der Waals surface area contributed by atoms with Gasteiger partial charge in [-0.15, -0.1) is 0 Å². The summed E-state index contributed by atoms with van der Waals surface area (Å²) < 4.78 is 5.54. The first-order chi connectivity index (χ1) is 11.2. The van der Waals surface area contributed by atoms with E-state index < -0.39 is 0 Å².